The number of amides is 1. The second-order valence-electron chi connectivity index (χ2n) is 6.35. The van der Waals surface area contributed by atoms with E-state index in [1.165, 1.54) is 0 Å². The van der Waals surface area contributed by atoms with Crippen LogP contribution in [0.1, 0.15) is 0 Å². The van der Waals surface area contributed by atoms with Crippen molar-refractivity contribution in [1.82, 2.24) is 0 Å². The molecule has 1 N–H and O–H groups in total. The second kappa shape index (κ2) is 8.28. The van der Waals surface area contributed by atoms with Gasteiger partial charge in [-0.15, -0.1) is 0 Å². The van der Waals surface area contributed by atoms with E-state index in [4.69, 9.17) is 4.74 Å². The maximum atomic E-state index is 12.5. The molecule has 0 fully saturated rings. The van der Waals surface area contributed by atoms with Crippen LogP contribution >= 0.6 is 15.9 Å². The Kier molecular flexibility index (Phi) is 5.40. The highest BCUT2D eigenvalue weighted by atomic mass is 79.9. The van der Waals surface area contributed by atoms with E-state index in [0.29, 0.717) is 5.75 Å². The van der Waals surface area contributed by atoms with Crippen molar-refractivity contribution in [3.63, 3.8) is 0 Å². The smallest absolute Gasteiger partial charge is 0.262 e. The van der Waals surface area contributed by atoms with E-state index in [2.05, 4.69) is 21.2 Å². The molecule has 0 heterocycles. The Hall–Kier alpha value is -3.11. The van der Waals surface area contributed by atoms with Gasteiger partial charge in [0.15, 0.2) is 6.61 Å². The van der Waals surface area contributed by atoms with Crippen LogP contribution in [0.15, 0.2) is 95.5 Å². The Bertz CT molecular complexity index is 1130. The number of carbonyl (C=O) groups excluding carboxylic acids is 1. The Morgan fingerprint density at radius 2 is 1.54 bits per heavy atom. The molecule has 0 aromatic heterocycles. The molecule has 0 unspecified atom stereocenters. The first kappa shape index (κ1) is 18.3. The van der Waals surface area contributed by atoms with E-state index in [9.17, 15) is 4.79 Å². The highest BCUT2D eigenvalue weighted by Crippen LogP contribution is 2.33. The molecule has 4 aromatic carbocycles. The van der Waals surface area contributed by atoms with Gasteiger partial charge in [-0.2, -0.15) is 0 Å². The summed E-state index contributed by atoms with van der Waals surface area (Å²) in [6, 6.07) is 29.6. The van der Waals surface area contributed by atoms with Crippen LogP contribution in [0.3, 0.4) is 0 Å². The summed E-state index contributed by atoms with van der Waals surface area (Å²) in [5, 5.41) is 5.12. The highest BCUT2D eigenvalue weighted by Gasteiger charge is 2.11. The summed E-state index contributed by atoms with van der Waals surface area (Å²) in [5.41, 5.74) is 2.79. The first-order chi connectivity index (χ1) is 13.7. The molecule has 138 valence electrons. The molecule has 0 spiro atoms. The lowest BCUT2D eigenvalue weighted by molar-refractivity contribution is -0.118. The molecule has 0 bridgehead atoms. The van der Waals surface area contributed by atoms with Crippen molar-refractivity contribution in [3.8, 4) is 16.9 Å². The third kappa shape index (κ3) is 3.92. The quantitative estimate of drug-likeness (QED) is 0.403. The van der Waals surface area contributed by atoms with Gasteiger partial charge < -0.3 is 10.1 Å². The maximum absolute atomic E-state index is 12.5. The van der Waals surface area contributed by atoms with Gasteiger partial charge in [-0.1, -0.05) is 78.9 Å². The predicted molar refractivity (Wildman–Crippen MR) is 118 cm³/mol. The molecule has 0 saturated carbocycles. The Labute approximate surface area is 172 Å². The molecule has 1 amide bonds. The van der Waals surface area contributed by atoms with Crippen molar-refractivity contribution in [2.45, 2.75) is 0 Å². The zero-order valence-electron chi connectivity index (χ0n) is 15.1. The Balaban J connectivity index is 1.48. The first-order valence-electron chi connectivity index (χ1n) is 8.97. The summed E-state index contributed by atoms with van der Waals surface area (Å²) >= 11 is 3.58. The van der Waals surface area contributed by atoms with Crippen molar-refractivity contribution < 1.29 is 9.53 Å². The van der Waals surface area contributed by atoms with Gasteiger partial charge in [0.2, 0.25) is 0 Å². The van der Waals surface area contributed by atoms with Crippen LogP contribution in [0.2, 0.25) is 0 Å². The Morgan fingerprint density at radius 3 is 2.39 bits per heavy atom. The molecule has 4 heteroatoms. The molecule has 0 atom stereocenters. The van der Waals surface area contributed by atoms with Gasteiger partial charge in [0.25, 0.3) is 5.91 Å². The van der Waals surface area contributed by atoms with Gasteiger partial charge in [0.1, 0.15) is 5.75 Å². The number of para-hydroxylation sites is 1. The van der Waals surface area contributed by atoms with Gasteiger partial charge >= 0.3 is 0 Å². The number of anilines is 1. The molecular weight excluding hydrogens is 414 g/mol. The summed E-state index contributed by atoms with van der Waals surface area (Å²) in [7, 11) is 0. The van der Waals surface area contributed by atoms with Crippen LogP contribution in [-0.2, 0) is 4.79 Å². The predicted octanol–water partition coefficient (Wildman–Crippen LogP) is 6.29. The van der Waals surface area contributed by atoms with Crippen molar-refractivity contribution in [3.05, 3.63) is 95.5 Å². The van der Waals surface area contributed by atoms with Gasteiger partial charge in [-0.05, 0) is 44.4 Å². The molecule has 0 aliphatic carbocycles. The lowest BCUT2D eigenvalue weighted by Gasteiger charge is -2.13. The number of hydrogen-bond donors (Lipinski definition) is 1. The molecule has 0 radical (unpaired) electrons. The van der Waals surface area contributed by atoms with Crippen molar-refractivity contribution in [1.29, 1.82) is 0 Å². The minimum Gasteiger partial charge on any atom is -0.483 e. The van der Waals surface area contributed by atoms with Gasteiger partial charge in [-0.3, -0.25) is 4.79 Å². The van der Waals surface area contributed by atoms with E-state index < -0.39 is 0 Å². The average molecular weight is 432 g/mol. The molecule has 0 aliphatic rings. The van der Waals surface area contributed by atoms with E-state index in [1.54, 1.807) is 0 Å². The zero-order chi connectivity index (χ0) is 19.3. The SMILES string of the molecule is O=C(COc1ccc2ccccc2c1Br)Nc1ccccc1-c1ccccc1. The second-order valence-corrected chi connectivity index (χ2v) is 7.14. The van der Waals surface area contributed by atoms with E-state index in [1.807, 2.05) is 91.0 Å². The molecular formula is C24H18BrNO2. The number of halogens is 1. The maximum Gasteiger partial charge on any atom is 0.262 e. The molecule has 0 aliphatic heterocycles. The fourth-order valence-corrected chi connectivity index (χ4v) is 3.72. The minimum absolute atomic E-state index is 0.0694. The van der Waals surface area contributed by atoms with Crippen LogP contribution in [0, 0.1) is 0 Å². The molecule has 4 aromatic rings. The van der Waals surface area contributed by atoms with Gasteiger partial charge in [0, 0.05) is 11.3 Å². The lowest BCUT2D eigenvalue weighted by atomic mass is 10.0. The van der Waals surface area contributed by atoms with E-state index >= 15 is 0 Å². The van der Waals surface area contributed by atoms with E-state index in [0.717, 1.165) is 32.1 Å². The summed E-state index contributed by atoms with van der Waals surface area (Å²) in [6.45, 7) is -0.0694. The molecule has 3 nitrogen and oxygen atoms in total. The summed E-state index contributed by atoms with van der Waals surface area (Å²) in [5.74, 6) is 0.439. The first-order valence-corrected chi connectivity index (χ1v) is 9.76. The number of nitrogens with one attached hydrogen (secondary N) is 1. The minimum atomic E-state index is -0.205. The van der Waals surface area contributed by atoms with Crippen molar-refractivity contribution in [2.24, 2.45) is 0 Å². The zero-order valence-corrected chi connectivity index (χ0v) is 16.6. The number of fused-ring (bicyclic) bond motifs is 1. The summed E-state index contributed by atoms with van der Waals surface area (Å²) < 4.78 is 6.62. The van der Waals surface area contributed by atoms with Crippen LogP contribution < -0.4 is 10.1 Å². The van der Waals surface area contributed by atoms with Gasteiger partial charge in [-0.25, -0.2) is 0 Å². The molecule has 0 saturated heterocycles. The number of ether oxygens (including phenoxy) is 1. The molecule has 28 heavy (non-hydrogen) atoms. The number of rotatable bonds is 5. The standard InChI is InChI=1S/C24H18BrNO2/c25-24-20-12-5-4-10-18(20)14-15-22(24)28-16-23(27)26-21-13-7-6-11-19(21)17-8-2-1-3-9-17/h1-15H,16H2,(H,26,27). The third-order valence-electron chi connectivity index (χ3n) is 4.47. The number of hydrogen-bond acceptors (Lipinski definition) is 2. The fraction of sp³-hybridized carbons (Fsp3) is 0.0417. The Morgan fingerprint density at radius 1 is 0.821 bits per heavy atom. The van der Waals surface area contributed by atoms with Crippen molar-refractivity contribution in [2.75, 3.05) is 11.9 Å². The van der Waals surface area contributed by atoms with E-state index in [-0.39, 0.29) is 12.5 Å². The van der Waals surface area contributed by atoms with Crippen LogP contribution in [-0.4, -0.2) is 12.5 Å². The molecule has 4 rings (SSSR count). The fourth-order valence-electron chi connectivity index (χ4n) is 3.12. The van der Waals surface area contributed by atoms with Crippen LogP contribution in [0.5, 0.6) is 5.75 Å². The van der Waals surface area contributed by atoms with Crippen LogP contribution in [0.4, 0.5) is 5.69 Å². The number of benzene rings is 4. The van der Waals surface area contributed by atoms with Crippen molar-refractivity contribution >= 4 is 38.3 Å². The normalized spacial score (nSPS) is 10.6. The number of carbonyl (C=O) groups is 1. The van der Waals surface area contributed by atoms with Crippen LogP contribution in [0.25, 0.3) is 21.9 Å². The third-order valence-corrected chi connectivity index (χ3v) is 5.29. The topological polar surface area (TPSA) is 38.3 Å². The average Bonchev–Trinajstić information content (AvgIpc) is 2.74. The monoisotopic (exact) mass is 431 g/mol. The summed E-state index contributed by atoms with van der Waals surface area (Å²) in [4.78, 5) is 12.5. The summed E-state index contributed by atoms with van der Waals surface area (Å²) in [6.07, 6.45) is 0. The van der Waals surface area contributed by atoms with Gasteiger partial charge in [0.05, 0.1) is 4.47 Å². The highest BCUT2D eigenvalue weighted by molar-refractivity contribution is 9.10. The largest absolute Gasteiger partial charge is 0.483 e. The lowest BCUT2D eigenvalue weighted by Crippen LogP contribution is -2.20.